The number of hydrogen-bond acceptors (Lipinski definition) is 2. The second kappa shape index (κ2) is 9.11. The summed E-state index contributed by atoms with van der Waals surface area (Å²) >= 11 is 0. The van der Waals surface area contributed by atoms with Crippen molar-refractivity contribution in [2.75, 3.05) is 0 Å². The highest BCUT2D eigenvalue weighted by atomic mass is 16.4. The minimum absolute atomic E-state index is 0.308. The van der Waals surface area contributed by atoms with Crippen LogP contribution in [-0.4, -0.2) is 22.2 Å². The third-order valence-corrected chi connectivity index (χ3v) is 7.15. The normalized spacial score (nSPS) is 28.1. The SMILES string of the molecule is CC1CCC(Cc2c(C(=O)O)ccc(C(=O)O)c2CC2CCC(C)CC2)CC1. The Morgan fingerprint density at radius 2 is 1.04 bits per heavy atom. The maximum absolute atomic E-state index is 11.9. The molecule has 0 saturated heterocycles. The molecule has 0 unspecified atom stereocenters. The van der Waals surface area contributed by atoms with Gasteiger partial charge in [0.15, 0.2) is 0 Å². The Balaban J connectivity index is 1.94. The molecule has 4 heteroatoms. The molecular formula is C24H34O4. The van der Waals surface area contributed by atoms with Crippen molar-refractivity contribution in [3.8, 4) is 0 Å². The van der Waals surface area contributed by atoms with E-state index in [0.717, 1.165) is 48.6 Å². The molecule has 2 saturated carbocycles. The standard InChI is InChI=1S/C24H34O4/c1-15-3-7-17(8-4-15)13-21-19(23(25)26)11-12-20(24(27)28)22(21)14-18-9-5-16(2)6-10-18/h11-12,15-18H,3-10,13-14H2,1-2H3,(H,25,26)(H,27,28). The zero-order valence-corrected chi connectivity index (χ0v) is 17.2. The molecule has 0 radical (unpaired) electrons. The molecule has 0 aliphatic heterocycles. The van der Waals surface area contributed by atoms with Gasteiger partial charge in [0.1, 0.15) is 0 Å². The summed E-state index contributed by atoms with van der Waals surface area (Å²) in [5, 5.41) is 19.6. The fourth-order valence-corrected chi connectivity index (χ4v) is 5.20. The third kappa shape index (κ3) is 4.95. The number of carbonyl (C=O) groups is 2. The van der Waals surface area contributed by atoms with Crippen molar-refractivity contribution in [1.29, 1.82) is 0 Å². The van der Waals surface area contributed by atoms with E-state index in [1.165, 1.54) is 37.8 Å². The molecule has 1 aromatic carbocycles. The first-order valence-corrected chi connectivity index (χ1v) is 11.0. The van der Waals surface area contributed by atoms with Gasteiger partial charge in [-0.3, -0.25) is 0 Å². The maximum atomic E-state index is 11.9. The second-order valence-electron chi connectivity index (χ2n) is 9.39. The highest BCUT2D eigenvalue weighted by molar-refractivity contribution is 5.95. The van der Waals surface area contributed by atoms with Crippen LogP contribution >= 0.6 is 0 Å². The molecule has 2 aliphatic rings. The molecule has 0 aromatic heterocycles. The average molecular weight is 387 g/mol. The topological polar surface area (TPSA) is 74.6 Å². The summed E-state index contributed by atoms with van der Waals surface area (Å²) in [5.41, 5.74) is 2.21. The molecule has 4 nitrogen and oxygen atoms in total. The van der Waals surface area contributed by atoms with Gasteiger partial charge in [0.25, 0.3) is 0 Å². The number of aromatic carboxylic acids is 2. The van der Waals surface area contributed by atoms with E-state index in [2.05, 4.69) is 13.8 Å². The Bertz CT molecular complexity index is 647. The Labute approximate surface area is 168 Å². The van der Waals surface area contributed by atoms with Crippen LogP contribution in [0.3, 0.4) is 0 Å². The van der Waals surface area contributed by atoms with Gasteiger partial charge in [-0.05, 0) is 85.5 Å². The first kappa shape index (κ1) is 20.9. The van der Waals surface area contributed by atoms with Gasteiger partial charge in [-0.1, -0.05) is 39.5 Å². The molecule has 0 bridgehead atoms. The van der Waals surface area contributed by atoms with Crippen LogP contribution in [0.2, 0.25) is 0 Å². The lowest BCUT2D eigenvalue weighted by molar-refractivity contribution is 0.0678. The fourth-order valence-electron chi connectivity index (χ4n) is 5.20. The first-order valence-electron chi connectivity index (χ1n) is 11.0. The zero-order chi connectivity index (χ0) is 20.3. The molecule has 28 heavy (non-hydrogen) atoms. The first-order chi connectivity index (χ1) is 13.3. The van der Waals surface area contributed by atoms with E-state index in [0.29, 0.717) is 35.8 Å². The van der Waals surface area contributed by atoms with E-state index >= 15 is 0 Å². The number of carboxylic acids is 2. The molecule has 3 rings (SSSR count). The van der Waals surface area contributed by atoms with Crippen molar-refractivity contribution < 1.29 is 19.8 Å². The average Bonchev–Trinajstić information content (AvgIpc) is 2.66. The van der Waals surface area contributed by atoms with Gasteiger partial charge in [0.2, 0.25) is 0 Å². The zero-order valence-electron chi connectivity index (χ0n) is 17.2. The van der Waals surface area contributed by atoms with E-state index in [1.807, 2.05) is 0 Å². The number of rotatable bonds is 6. The van der Waals surface area contributed by atoms with E-state index in [4.69, 9.17) is 0 Å². The van der Waals surface area contributed by atoms with Gasteiger partial charge >= 0.3 is 11.9 Å². The fraction of sp³-hybridized carbons (Fsp3) is 0.667. The van der Waals surface area contributed by atoms with Gasteiger partial charge in [0.05, 0.1) is 11.1 Å². The van der Waals surface area contributed by atoms with Crippen LogP contribution in [0, 0.1) is 23.7 Å². The Morgan fingerprint density at radius 3 is 1.32 bits per heavy atom. The summed E-state index contributed by atoms with van der Waals surface area (Å²) in [6.07, 6.45) is 10.6. The van der Waals surface area contributed by atoms with Crippen molar-refractivity contribution >= 4 is 11.9 Å². The number of benzene rings is 1. The van der Waals surface area contributed by atoms with Gasteiger partial charge in [-0.2, -0.15) is 0 Å². The number of carboxylic acid groups (broad SMARTS) is 2. The van der Waals surface area contributed by atoms with Crippen LogP contribution in [0.25, 0.3) is 0 Å². The van der Waals surface area contributed by atoms with Crippen molar-refractivity contribution in [1.82, 2.24) is 0 Å². The Hall–Kier alpha value is -1.84. The second-order valence-corrected chi connectivity index (χ2v) is 9.39. The van der Waals surface area contributed by atoms with Crippen molar-refractivity contribution in [2.45, 2.75) is 78.1 Å². The molecular weight excluding hydrogens is 352 g/mol. The van der Waals surface area contributed by atoms with Crippen LogP contribution in [-0.2, 0) is 12.8 Å². The summed E-state index contributed by atoms with van der Waals surface area (Å²) in [6, 6.07) is 3.03. The van der Waals surface area contributed by atoms with Crippen LogP contribution in [0.5, 0.6) is 0 Å². The lowest BCUT2D eigenvalue weighted by Gasteiger charge is -2.30. The van der Waals surface area contributed by atoms with Crippen LogP contribution in [0.4, 0.5) is 0 Å². The van der Waals surface area contributed by atoms with Crippen molar-refractivity contribution in [2.24, 2.45) is 23.7 Å². The number of hydrogen-bond donors (Lipinski definition) is 2. The lowest BCUT2D eigenvalue weighted by Crippen LogP contribution is -2.21. The molecule has 1 aromatic rings. The third-order valence-electron chi connectivity index (χ3n) is 7.15. The molecule has 0 amide bonds. The summed E-state index contributed by atoms with van der Waals surface area (Å²) in [7, 11) is 0. The summed E-state index contributed by atoms with van der Waals surface area (Å²) in [6.45, 7) is 4.55. The summed E-state index contributed by atoms with van der Waals surface area (Å²) < 4.78 is 0. The Kier molecular flexibility index (Phi) is 6.79. The van der Waals surface area contributed by atoms with Crippen LogP contribution in [0.1, 0.15) is 97.1 Å². The molecule has 2 N–H and O–H groups in total. The molecule has 0 atom stereocenters. The minimum atomic E-state index is -0.936. The molecule has 154 valence electrons. The molecule has 0 spiro atoms. The van der Waals surface area contributed by atoms with Gasteiger partial charge in [0, 0.05) is 0 Å². The summed E-state index contributed by atoms with van der Waals surface area (Å²) in [4.78, 5) is 23.9. The van der Waals surface area contributed by atoms with E-state index < -0.39 is 11.9 Å². The predicted octanol–water partition coefficient (Wildman–Crippen LogP) is 5.82. The van der Waals surface area contributed by atoms with Crippen LogP contribution < -0.4 is 0 Å². The van der Waals surface area contributed by atoms with E-state index in [9.17, 15) is 19.8 Å². The maximum Gasteiger partial charge on any atom is 0.335 e. The molecule has 0 heterocycles. The van der Waals surface area contributed by atoms with Gasteiger partial charge in [-0.15, -0.1) is 0 Å². The predicted molar refractivity (Wildman–Crippen MR) is 110 cm³/mol. The summed E-state index contributed by atoms with van der Waals surface area (Å²) in [5.74, 6) is 0.532. The van der Waals surface area contributed by atoms with Gasteiger partial charge < -0.3 is 10.2 Å². The van der Waals surface area contributed by atoms with E-state index in [1.54, 1.807) is 0 Å². The van der Waals surface area contributed by atoms with Crippen molar-refractivity contribution in [3.63, 3.8) is 0 Å². The highest BCUT2D eigenvalue weighted by Gasteiger charge is 2.28. The monoisotopic (exact) mass is 386 g/mol. The molecule has 2 fully saturated rings. The smallest absolute Gasteiger partial charge is 0.335 e. The largest absolute Gasteiger partial charge is 0.478 e. The van der Waals surface area contributed by atoms with Crippen molar-refractivity contribution in [3.05, 3.63) is 34.4 Å². The van der Waals surface area contributed by atoms with E-state index in [-0.39, 0.29) is 0 Å². The van der Waals surface area contributed by atoms with Gasteiger partial charge in [-0.25, -0.2) is 9.59 Å². The quantitative estimate of drug-likeness (QED) is 0.646. The minimum Gasteiger partial charge on any atom is -0.478 e. The molecule has 2 aliphatic carbocycles. The lowest BCUT2D eigenvalue weighted by atomic mass is 9.75. The Morgan fingerprint density at radius 1 is 0.714 bits per heavy atom. The highest BCUT2D eigenvalue weighted by Crippen LogP contribution is 2.36. The van der Waals surface area contributed by atoms with Crippen LogP contribution in [0.15, 0.2) is 12.1 Å².